The van der Waals surface area contributed by atoms with E-state index in [0.717, 1.165) is 77.0 Å². The van der Waals surface area contributed by atoms with Crippen molar-refractivity contribution in [1.29, 1.82) is 0 Å². The van der Waals surface area contributed by atoms with E-state index in [9.17, 15) is 14.4 Å². The molecule has 77 heavy (non-hydrogen) atoms. The molecule has 0 aliphatic heterocycles. The smallest absolute Gasteiger partial charge is 0.306 e. The van der Waals surface area contributed by atoms with Crippen LogP contribution in [0.25, 0.3) is 0 Å². The molecule has 448 valence electrons. The van der Waals surface area contributed by atoms with E-state index in [1.54, 1.807) is 0 Å². The maximum atomic E-state index is 12.9. The Balaban J connectivity index is 4.36. The molecule has 6 heteroatoms. The highest BCUT2D eigenvalue weighted by Crippen LogP contribution is 2.17. The topological polar surface area (TPSA) is 78.9 Å². The Morgan fingerprint density at radius 2 is 0.468 bits per heavy atom. The lowest BCUT2D eigenvalue weighted by Gasteiger charge is -2.18. The number of allylic oxidation sites excluding steroid dienone is 10. The molecule has 0 radical (unpaired) electrons. The predicted molar refractivity (Wildman–Crippen MR) is 335 cm³/mol. The molecule has 0 aromatic carbocycles. The molecule has 1 unspecified atom stereocenters. The number of ether oxygens (including phenoxy) is 3. The van der Waals surface area contributed by atoms with Gasteiger partial charge in [-0.1, -0.05) is 287 Å². The van der Waals surface area contributed by atoms with Gasteiger partial charge in [0.15, 0.2) is 6.10 Å². The van der Waals surface area contributed by atoms with E-state index >= 15 is 0 Å². The van der Waals surface area contributed by atoms with Gasteiger partial charge in [0.05, 0.1) is 0 Å². The SMILES string of the molecule is CCCCCCC/C=C\C/C=C\C/C=C\CCCCCCCCCCC(=O)OCC(COC(=O)CCCCCCCCC/C=C\CCCCCCCC)OC(=O)CCCCCCCCCCC/C=C\CCCCCCCC. The first-order valence-corrected chi connectivity index (χ1v) is 33.8. The van der Waals surface area contributed by atoms with E-state index in [1.165, 1.54) is 238 Å². The van der Waals surface area contributed by atoms with E-state index < -0.39 is 6.10 Å². The van der Waals surface area contributed by atoms with Crippen LogP contribution in [-0.2, 0) is 28.6 Å². The first kappa shape index (κ1) is 74.1. The highest BCUT2D eigenvalue weighted by Gasteiger charge is 2.19. The van der Waals surface area contributed by atoms with Crippen LogP contribution in [-0.4, -0.2) is 37.2 Å². The Morgan fingerprint density at radius 3 is 0.740 bits per heavy atom. The number of carbonyl (C=O) groups excluding carboxylic acids is 3. The maximum absolute atomic E-state index is 12.9. The number of carbonyl (C=O) groups is 3. The van der Waals surface area contributed by atoms with Crippen molar-refractivity contribution < 1.29 is 28.6 Å². The van der Waals surface area contributed by atoms with Crippen molar-refractivity contribution in [2.24, 2.45) is 0 Å². The lowest BCUT2D eigenvalue weighted by atomic mass is 10.1. The van der Waals surface area contributed by atoms with Crippen LogP contribution in [0, 0.1) is 0 Å². The fraction of sp³-hybridized carbons (Fsp3) is 0.817. The summed E-state index contributed by atoms with van der Waals surface area (Å²) >= 11 is 0. The fourth-order valence-corrected chi connectivity index (χ4v) is 9.85. The van der Waals surface area contributed by atoms with Gasteiger partial charge in [0, 0.05) is 19.3 Å². The molecule has 0 N–H and O–H groups in total. The largest absolute Gasteiger partial charge is 0.462 e. The van der Waals surface area contributed by atoms with Crippen LogP contribution in [0.3, 0.4) is 0 Å². The lowest BCUT2D eigenvalue weighted by Crippen LogP contribution is -2.30. The Labute approximate surface area is 479 Å². The molecule has 0 spiro atoms. The second kappa shape index (κ2) is 65.6. The summed E-state index contributed by atoms with van der Waals surface area (Å²) in [5, 5.41) is 0. The van der Waals surface area contributed by atoms with Gasteiger partial charge in [0.25, 0.3) is 0 Å². The maximum Gasteiger partial charge on any atom is 0.306 e. The van der Waals surface area contributed by atoms with Crippen molar-refractivity contribution in [3.05, 3.63) is 60.8 Å². The zero-order chi connectivity index (χ0) is 55.7. The number of rotatable bonds is 62. The molecule has 0 rings (SSSR count). The van der Waals surface area contributed by atoms with Crippen LogP contribution in [0.1, 0.15) is 355 Å². The zero-order valence-corrected chi connectivity index (χ0v) is 51.5. The highest BCUT2D eigenvalue weighted by molar-refractivity contribution is 5.71. The average molecular weight is 1080 g/mol. The van der Waals surface area contributed by atoms with Crippen molar-refractivity contribution in [2.45, 2.75) is 361 Å². The zero-order valence-electron chi connectivity index (χ0n) is 51.5. The van der Waals surface area contributed by atoms with E-state index in [0.29, 0.717) is 19.3 Å². The third kappa shape index (κ3) is 63.8. The summed E-state index contributed by atoms with van der Waals surface area (Å²) in [5.74, 6) is -0.871. The number of hydrogen-bond acceptors (Lipinski definition) is 6. The minimum atomic E-state index is -0.782. The minimum Gasteiger partial charge on any atom is -0.462 e. The normalized spacial score (nSPS) is 12.4. The van der Waals surface area contributed by atoms with Crippen LogP contribution in [0.5, 0.6) is 0 Å². The molecule has 1 atom stereocenters. The quantitative estimate of drug-likeness (QED) is 0.0261. The molecule has 0 aromatic rings. The summed E-state index contributed by atoms with van der Waals surface area (Å²) in [4.78, 5) is 38.4. The predicted octanol–water partition coefficient (Wildman–Crippen LogP) is 23.1. The summed E-state index contributed by atoms with van der Waals surface area (Å²) in [5.41, 5.74) is 0. The van der Waals surface area contributed by atoms with Gasteiger partial charge in [-0.25, -0.2) is 0 Å². The molecule has 0 heterocycles. The molecule has 0 amide bonds. The molecule has 0 aromatic heterocycles. The summed E-state index contributed by atoms with van der Waals surface area (Å²) in [6, 6.07) is 0. The molecule has 6 nitrogen and oxygen atoms in total. The molecule has 0 aliphatic rings. The molecule has 0 fully saturated rings. The first-order valence-electron chi connectivity index (χ1n) is 33.8. The van der Waals surface area contributed by atoms with Gasteiger partial charge < -0.3 is 14.2 Å². The molecule has 0 saturated heterocycles. The van der Waals surface area contributed by atoms with Gasteiger partial charge in [-0.15, -0.1) is 0 Å². The Morgan fingerprint density at radius 1 is 0.260 bits per heavy atom. The summed E-state index contributed by atoms with van der Waals surface area (Å²) in [7, 11) is 0. The first-order chi connectivity index (χ1) is 38.0. The number of esters is 3. The molecule has 0 aliphatic carbocycles. The summed E-state index contributed by atoms with van der Waals surface area (Å²) in [6.07, 6.45) is 83.7. The third-order valence-corrected chi connectivity index (χ3v) is 15.0. The van der Waals surface area contributed by atoms with Crippen LogP contribution >= 0.6 is 0 Å². The van der Waals surface area contributed by atoms with Crippen LogP contribution in [0.15, 0.2) is 60.8 Å². The Kier molecular flexibility index (Phi) is 63.2. The summed E-state index contributed by atoms with van der Waals surface area (Å²) < 4.78 is 17.0. The van der Waals surface area contributed by atoms with Crippen molar-refractivity contribution >= 4 is 17.9 Å². The van der Waals surface area contributed by atoms with E-state index in [2.05, 4.69) is 81.5 Å². The van der Waals surface area contributed by atoms with Gasteiger partial charge >= 0.3 is 17.9 Å². The Hall–Kier alpha value is -2.89. The fourth-order valence-electron chi connectivity index (χ4n) is 9.85. The van der Waals surface area contributed by atoms with Gasteiger partial charge in [-0.05, 0) is 109 Å². The van der Waals surface area contributed by atoms with Crippen LogP contribution < -0.4 is 0 Å². The molecular weight excluding hydrogens is 949 g/mol. The summed E-state index contributed by atoms with van der Waals surface area (Å²) in [6.45, 7) is 6.66. The van der Waals surface area contributed by atoms with Crippen molar-refractivity contribution in [3.63, 3.8) is 0 Å². The molecule has 0 bridgehead atoms. The van der Waals surface area contributed by atoms with Crippen molar-refractivity contribution in [2.75, 3.05) is 13.2 Å². The van der Waals surface area contributed by atoms with Gasteiger partial charge in [0.1, 0.15) is 13.2 Å². The van der Waals surface area contributed by atoms with E-state index in [4.69, 9.17) is 14.2 Å². The Bertz CT molecular complexity index is 1380. The minimum absolute atomic E-state index is 0.0776. The standard InChI is InChI=1S/C71H128O6/c1-4-7-10-13-16-19-22-25-28-31-33-34-35-36-38-40-43-46-49-52-55-58-61-64-70(73)76-67-68(66-75-69(72)63-60-57-54-51-48-45-42-39-30-27-24-21-18-15-12-9-6-3)77-71(74)65-62-59-56-53-50-47-44-41-37-32-29-26-23-20-17-14-11-8-5-2/h22,25-27,29-31,33,35-36,68H,4-21,23-24,28,32,34,37-67H2,1-3H3/b25-22-,29-26-,30-27-,33-31-,36-35-. The van der Waals surface area contributed by atoms with Crippen molar-refractivity contribution in [3.8, 4) is 0 Å². The van der Waals surface area contributed by atoms with Crippen molar-refractivity contribution in [1.82, 2.24) is 0 Å². The molecule has 0 saturated carbocycles. The second-order valence-corrected chi connectivity index (χ2v) is 22.7. The third-order valence-electron chi connectivity index (χ3n) is 15.0. The van der Waals surface area contributed by atoms with E-state index in [1.807, 2.05) is 0 Å². The number of unbranched alkanes of at least 4 members (excludes halogenated alkanes) is 41. The number of hydrogen-bond donors (Lipinski definition) is 0. The van der Waals surface area contributed by atoms with Gasteiger partial charge in [-0.3, -0.25) is 14.4 Å². The monoisotopic (exact) mass is 1080 g/mol. The van der Waals surface area contributed by atoms with Crippen LogP contribution in [0.4, 0.5) is 0 Å². The highest BCUT2D eigenvalue weighted by atomic mass is 16.6. The van der Waals surface area contributed by atoms with Crippen LogP contribution in [0.2, 0.25) is 0 Å². The van der Waals surface area contributed by atoms with Gasteiger partial charge in [-0.2, -0.15) is 0 Å². The second-order valence-electron chi connectivity index (χ2n) is 22.7. The lowest BCUT2D eigenvalue weighted by molar-refractivity contribution is -0.167. The molecular formula is C71H128O6. The van der Waals surface area contributed by atoms with Gasteiger partial charge in [0.2, 0.25) is 0 Å². The average Bonchev–Trinajstić information content (AvgIpc) is 3.43. The van der Waals surface area contributed by atoms with E-state index in [-0.39, 0.29) is 31.1 Å².